The molecule has 0 aliphatic rings. The smallest absolute Gasteiger partial charge is 0.461 e. The summed E-state index contributed by atoms with van der Waals surface area (Å²) in [4.78, 5) is 0. The second-order valence-electron chi connectivity index (χ2n) is 1.86. The van der Waals surface area contributed by atoms with Gasteiger partial charge in [0.05, 0.1) is 0 Å². The van der Waals surface area contributed by atoms with Crippen molar-refractivity contribution in [1.29, 1.82) is 0 Å². The van der Waals surface area contributed by atoms with Crippen LogP contribution in [-0.2, 0) is 0 Å². The fourth-order valence-electron chi connectivity index (χ4n) is 0.622. The predicted molar refractivity (Wildman–Crippen MR) is 64.7 cm³/mol. The lowest BCUT2D eigenvalue weighted by Crippen LogP contribution is -2.17. The van der Waals surface area contributed by atoms with Crippen molar-refractivity contribution in [2.24, 2.45) is 0 Å². The van der Waals surface area contributed by atoms with Crippen LogP contribution in [0.5, 0.6) is 5.75 Å². The van der Waals surface area contributed by atoms with Crippen LogP contribution in [0.15, 0.2) is 30.3 Å². The van der Waals surface area contributed by atoms with Gasteiger partial charge in [-0.2, -0.15) is 0 Å². The first kappa shape index (κ1) is 10.0. The molecule has 0 radical (unpaired) electrons. The van der Waals surface area contributed by atoms with E-state index in [1.54, 1.807) is 0 Å². The van der Waals surface area contributed by atoms with E-state index in [4.69, 9.17) is 4.43 Å². The van der Waals surface area contributed by atoms with E-state index in [-0.39, 0.29) is 0 Å². The Balaban J connectivity index is 2.66. The summed E-state index contributed by atoms with van der Waals surface area (Å²) < 4.78 is 3.76. The number of halogens is 3. The molecule has 0 spiro atoms. The molecule has 0 aliphatic heterocycles. The van der Waals surface area contributed by atoms with Gasteiger partial charge in [-0.3, -0.25) is 0 Å². The Hall–Kier alpha value is 0.927. The molecule has 1 aromatic carbocycles. The molecule has 0 bridgehead atoms. The summed E-state index contributed by atoms with van der Waals surface area (Å²) in [6.45, 7) is 0. The van der Waals surface area contributed by atoms with Crippen molar-refractivity contribution in [1.82, 2.24) is 0 Å². The third-order valence-corrected chi connectivity index (χ3v) is 3.08. The van der Waals surface area contributed by atoms with Crippen molar-refractivity contribution >= 4 is 55.4 Å². The Labute approximate surface area is 95.0 Å². The summed E-state index contributed by atoms with van der Waals surface area (Å²) in [5.41, 5.74) is 0. The average molecular weight is 408 g/mol. The zero-order valence-electron chi connectivity index (χ0n) is 5.43. The minimum atomic E-state index is -1.80. The highest BCUT2D eigenvalue weighted by molar-refractivity contribution is 14.1. The van der Waals surface area contributed by atoms with Crippen LogP contribution < -0.4 is 4.43 Å². The zero-order valence-corrected chi connectivity index (χ0v) is 11.8. The number of hydrogen-bond donors (Lipinski definition) is 0. The van der Waals surface area contributed by atoms with Gasteiger partial charge >= 0.3 is 3.05 Å². The highest BCUT2D eigenvalue weighted by Crippen LogP contribution is 2.30. The minimum Gasteiger partial charge on any atom is -0.518 e. The van der Waals surface area contributed by atoms with Crippen LogP contribution in [-0.4, -0.2) is 3.05 Å². The van der Waals surface area contributed by atoms with Crippen LogP contribution in [0.4, 0.5) is 0 Å². The summed E-state index contributed by atoms with van der Waals surface area (Å²) in [6.07, 6.45) is 0. The second kappa shape index (κ2) is 4.24. The van der Waals surface area contributed by atoms with Gasteiger partial charge < -0.3 is 4.43 Å². The van der Waals surface area contributed by atoms with E-state index in [2.05, 4.69) is 52.4 Å². The van der Waals surface area contributed by atoms with Gasteiger partial charge in [-0.1, -0.05) is 48.8 Å². The summed E-state index contributed by atoms with van der Waals surface area (Å²) in [7, 11) is 0. The molecule has 11 heavy (non-hydrogen) atoms. The van der Waals surface area contributed by atoms with E-state index in [1.807, 2.05) is 30.3 Å². The van der Waals surface area contributed by atoms with Crippen LogP contribution in [0.25, 0.3) is 0 Å². The molecular weight excluding hydrogens is 403 g/mol. The Morgan fingerprint density at radius 2 is 1.73 bits per heavy atom. The van der Waals surface area contributed by atoms with Gasteiger partial charge in [0.25, 0.3) is 0 Å². The van der Waals surface area contributed by atoms with Gasteiger partial charge in [0.1, 0.15) is 5.75 Å². The number of hydrogen-bond acceptors (Lipinski definition) is 1. The largest absolute Gasteiger partial charge is 0.518 e. The highest BCUT2D eigenvalue weighted by Gasteiger charge is 2.25. The second-order valence-corrected chi connectivity index (χ2v) is 26.3. The van der Waals surface area contributed by atoms with E-state index in [1.165, 1.54) is 0 Å². The summed E-state index contributed by atoms with van der Waals surface area (Å²) in [5.74, 6) is 0.891. The molecule has 1 rings (SSSR count). The lowest BCUT2D eigenvalue weighted by Gasteiger charge is -2.12. The number of benzene rings is 1. The SMILES string of the molecule is Br[Si](Br)(I)Oc1ccccc1. The van der Waals surface area contributed by atoms with Crippen LogP contribution in [0.2, 0.25) is 0 Å². The third-order valence-electron chi connectivity index (χ3n) is 0.977. The Morgan fingerprint density at radius 1 is 1.18 bits per heavy atom. The first-order valence-corrected chi connectivity index (χ1v) is 12.4. The lowest BCUT2D eigenvalue weighted by atomic mass is 10.3. The Kier molecular flexibility index (Phi) is 3.86. The fourth-order valence-corrected chi connectivity index (χ4v) is 2.91. The molecule has 5 heteroatoms. The molecule has 0 N–H and O–H groups in total. The molecule has 0 heterocycles. The lowest BCUT2D eigenvalue weighted by molar-refractivity contribution is 0.606. The van der Waals surface area contributed by atoms with Crippen molar-refractivity contribution in [3.05, 3.63) is 30.3 Å². The van der Waals surface area contributed by atoms with Crippen LogP contribution >= 0.6 is 52.4 Å². The van der Waals surface area contributed by atoms with Gasteiger partial charge in [-0.05, 0) is 33.9 Å². The first-order valence-electron chi connectivity index (χ1n) is 2.89. The van der Waals surface area contributed by atoms with Crippen molar-refractivity contribution in [3.8, 4) is 5.75 Å². The quantitative estimate of drug-likeness (QED) is 0.412. The molecule has 1 nitrogen and oxygen atoms in total. The van der Waals surface area contributed by atoms with Crippen molar-refractivity contribution in [3.63, 3.8) is 0 Å². The standard InChI is InChI=1S/C6H5Br2IOSi/c7-11(8,9)10-6-4-2-1-3-5-6/h1-5H. The van der Waals surface area contributed by atoms with Gasteiger partial charge in [-0.25, -0.2) is 0 Å². The van der Waals surface area contributed by atoms with Gasteiger partial charge in [-0.15, -0.1) is 0 Å². The minimum absolute atomic E-state index is 0.891. The molecule has 1 aromatic rings. The van der Waals surface area contributed by atoms with Crippen LogP contribution in [0.3, 0.4) is 0 Å². The first-order chi connectivity index (χ1) is 5.08. The Bertz CT molecular complexity index is 224. The Morgan fingerprint density at radius 3 is 2.18 bits per heavy atom. The van der Waals surface area contributed by atoms with E-state index < -0.39 is 3.05 Å². The average Bonchev–Trinajstić information content (AvgIpc) is 1.85. The number of para-hydroxylation sites is 1. The predicted octanol–water partition coefficient (Wildman–Crippen LogP) is 3.73. The van der Waals surface area contributed by atoms with E-state index >= 15 is 0 Å². The highest BCUT2D eigenvalue weighted by atomic mass is 127. The van der Waals surface area contributed by atoms with Crippen molar-refractivity contribution < 1.29 is 4.43 Å². The fraction of sp³-hybridized carbons (Fsp3) is 0. The van der Waals surface area contributed by atoms with Crippen LogP contribution in [0, 0.1) is 0 Å². The molecule has 0 amide bonds. The molecule has 0 saturated carbocycles. The third kappa shape index (κ3) is 4.49. The molecule has 0 aliphatic carbocycles. The van der Waals surface area contributed by atoms with Gasteiger partial charge in [0, 0.05) is 0 Å². The molecule has 0 fully saturated rings. The molecule has 0 aromatic heterocycles. The van der Waals surface area contributed by atoms with Gasteiger partial charge in [0.15, 0.2) is 0 Å². The number of rotatable bonds is 2. The van der Waals surface area contributed by atoms with E-state index in [9.17, 15) is 0 Å². The zero-order chi connectivity index (χ0) is 8.32. The molecular formula is C6H5Br2IOSi. The normalized spacial score (nSPS) is 11.2. The summed E-state index contributed by atoms with van der Waals surface area (Å²) in [6, 6.07) is 9.73. The maximum atomic E-state index is 5.56. The van der Waals surface area contributed by atoms with Crippen LogP contribution in [0.1, 0.15) is 0 Å². The topological polar surface area (TPSA) is 9.23 Å². The van der Waals surface area contributed by atoms with Crippen molar-refractivity contribution in [2.45, 2.75) is 0 Å². The molecule has 0 saturated heterocycles. The summed E-state index contributed by atoms with van der Waals surface area (Å²) >= 11 is 9.10. The maximum Gasteiger partial charge on any atom is 0.461 e. The maximum absolute atomic E-state index is 5.56. The molecule has 60 valence electrons. The summed E-state index contributed by atoms with van der Waals surface area (Å²) in [5, 5.41) is 0. The van der Waals surface area contributed by atoms with Gasteiger partial charge in [0.2, 0.25) is 0 Å². The monoisotopic (exact) mass is 406 g/mol. The molecule has 0 atom stereocenters. The molecule has 0 unspecified atom stereocenters. The van der Waals surface area contributed by atoms with E-state index in [0.29, 0.717) is 0 Å². The van der Waals surface area contributed by atoms with E-state index in [0.717, 1.165) is 5.75 Å². The van der Waals surface area contributed by atoms with Crippen molar-refractivity contribution in [2.75, 3.05) is 0 Å².